The van der Waals surface area contributed by atoms with E-state index in [0.717, 1.165) is 17.1 Å². The molecule has 166 valence electrons. The number of ketones is 1. The van der Waals surface area contributed by atoms with E-state index in [4.69, 9.17) is 31.5 Å². The molecule has 3 aromatic rings. The summed E-state index contributed by atoms with van der Waals surface area (Å²) in [5.74, 6) is 0.509. The molecule has 1 atom stereocenters. The van der Waals surface area contributed by atoms with Crippen molar-refractivity contribution >= 4 is 29.0 Å². The molecule has 0 saturated carbocycles. The first-order valence-electron chi connectivity index (χ1n) is 10.1. The molecule has 0 fully saturated rings. The van der Waals surface area contributed by atoms with E-state index in [2.05, 4.69) is 0 Å². The lowest BCUT2D eigenvalue weighted by atomic mass is 10.1. The second-order valence-corrected chi connectivity index (χ2v) is 8.04. The van der Waals surface area contributed by atoms with Gasteiger partial charge in [0, 0.05) is 17.0 Å². The predicted octanol–water partition coefficient (Wildman–Crippen LogP) is 4.22. The average Bonchev–Trinajstić information content (AvgIpc) is 3.07. The van der Waals surface area contributed by atoms with Gasteiger partial charge in [-0.25, -0.2) is 4.79 Å². The highest BCUT2D eigenvalue weighted by Gasteiger charge is 2.24. The van der Waals surface area contributed by atoms with Crippen LogP contribution in [-0.4, -0.2) is 35.6 Å². The highest BCUT2D eigenvalue weighted by molar-refractivity contribution is 6.33. The van der Waals surface area contributed by atoms with E-state index in [-0.39, 0.29) is 29.7 Å². The number of halogens is 1. The summed E-state index contributed by atoms with van der Waals surface area (Å²) < 4.78 is 19.0. The Morgan fingerprint density at radius 2 is 1.91 bits per heavy atom. The summed E-state index contributed by atoms with van der Waals surface area (Å²) in [4.78, 5) is 25.0. The van der Waals surface area contributed by atoms with Gasteiger partial charge in [-0.1, -0.05) is 23.7 Å². The summed E-state index contributed by atoms with van der Waals surface area (Å²) in [6, 6.07) is 13.8. The molecule has 32 heavy (non-hydrogen) atoms. The number of rotatable bonds is 6. The van der Waals surface area contributed by atoms with E-state index in [1.54, 1.807) is 6.07 Å². The van der Waals surface area contributed by atoms with Gasteiger partial charge in [0.1, 0.15) is 6.61 Å². The summed E-state index contributed by atoms with van der Waals surface area (Å²) in [6.07, 6.45) is -0.189. The van der Waals surface area contributed by atoms with Gasteiger partial charge in [-0.05, 0) is 50.2 Å². The van der Waals surface area contributed by atoms with Crippen molar-refractivity contribution < 1.29 is 23.8 Å². The smallest absolute Gasteiger partial charge is 0.338 e. The number of benzene rings is 2. The number of nitrogens with two attached hydrogens (primary N) is 1. The van der Waals surface area contributed by atoms with E-state index in [0.29, 0.717) is 29.5 Å². The van der Waals surface area contributed by atoms with Crippen molar-refractivity contribution in [3.8, 4) is 11.5 Å². The van der Waals surface area contributed by atoms with E-state index in [1.165, 1.54) is 18.2 Å². The van der Waals surface area contributed by atoms with Gasteiger partial charge < -0.3 is 24.5 Å². The van der Waals surface area contributed by atoms with E-state index in [9.17, 15) is 9.59 Å². The number of ether oxygens (including phenoxy) is 3. The highest BCUT2D eigenvalue weighted by atomic mass is 35.5. The Kier molecular flexibility index (Phi) is 6.10. The second-order valence-electron chi connectivity index (χ2n) is 7.63. The molecule has 7 nitrogen and oxygen atoms in total. The molecule has 1 aromatic heterocycles. The van der Waals surface area contributed by atoms with Gasteiger partial charge in [0.2, 0.25) is 5.78 Å². The zero-order valence-electron chi connectivity index (χ0n) is 17.8. The number of aromatic nitrogens is 1. The van der Waals surface area contributed by atoms with Crippen LogP contribution in [0.2, 0.25) is 5.02 Å². The molecule has 2 heterocycles. The maximum Gasteiger partial charge on any atom is 0.338 e. The number of anilines is 1. The van der Waals surface area contributed by atoms with Crippen LogP contribution in [0.5, 0.6) is 11.5 Å². The lowest BCUT2D eigenvalue weighted by Gasteiger charge is -2.27. The van der Waals surface area contributed by atoms with Crippen molar-refractivity contribution in [2.75, 3.05) is 18.9 Å². The summed E-state index contributed by atoms with van der Waals surface area (Å²) in [7, 11) is 0. The van der Waals surface area contributed by atoms with Crippen LogP contribution in [0.15, 0.2) is 48.5 Å². The second kappa shape index (κ2) is 8.96. The van der Waals surface area contributed by atoms with Crippen molar-refractivity contribution in [3.63, 3.8) is 0 Å². The molecule has 2 N–H and O–H groups in total. The largest absolute Gasteiger partial charge is 0.486 e. The number of hydrogen-bond donors (Lipinski definition) is 1. The van der Waals surface area contributed by atoms with Crippen molar-refractivity contribution in [2.45, 2.75) is 26.5 Å². The van der Waals surface area contributed by atoms with Crippen LogP contribution in [0.4, 0.5) is 5.69 Å². The third-order valence-electron chi connectivity index (χ3n) is 5.39. The molecule has 8 heteroatoms. The number of nitrogen functional groups attached to an aromatic ring is 1. The third kappa shape index (κ3) is 4.43. The maximum absolute atomic E-state index is 12.8. The number of fused-ring (bicyclic) bond motifs is 1. The first-order chi connectivity index (χ1) is 15.3. The Hall–Kier alpha value is -3.45. The molecule has 2 aromatic carbocycles. The first-order valence-corrected chi connectivity index (χ1v) is 10.5. The van der Waals surface area contributed by atoms with E-state index < -0.39 is 5.97 Å². The van der Waals surface area contributed by atoms with Crippen LogP contribution >= 0.6 is 11.6 Å². The number of carbonyl (C=O) groups excluding carboxylic acids is 2. The molecule has 1 aliphatic rings. The first kappa shape index (κ1) is 21.8. The number of aryl methyl sites for hydroxylation is 1. The molecule has 0 amide bonds. The number of hydrogen-bond acceptors (Lipinski definition) is 6. The number of esters is 1. The highest BCUT2D eigenvalue weighted by Crippen LogP contribution is 2.31. The molecule has 0 radical (unpaired) electrons. The van der Waals surface area contributed by atoms with Crippen LogP contribution in [0.25, 0.3) is 0 Å². The fraction of sp³-hybridized carbons (Fsp3) is 0.250. The number of para-hydroxylation sites is 2. The van der Waals surface area contributed by atoms with Crippen LogP contribution in [0.1, 0.15) is 32.1 Å². The molecular weight excluding hydrogens is 432 g/mol. The van der Waals surface area contributed by atoms with Gasteiger partial charge in [-0.3, -0.25) is 4.79 Å². The minimum absolute atomic E-state index is 0.189. The van der Waals surface area contributed by atoms with Gasteiger partial charge in [-0.15, -0.1) is 0 Å². The Balaban J connectivity index is 1.41. The van der Waals surface area contributed by atoms with Gasteiger partial charge in [0.15, 0.2) is 24.2 Å². The molecule has 1 aliphatic heterocycles. The summed E-state index contributed by atoms with van der Waals surface area (Å²) in [5.41, 5.74) is 8.42. The fourth-order valence-electron chi connectivity index (χ4n) is 3.68. The zero-order chi connectivity index (χ0) is 22.8. The predicted molar refractivity (Wildman–Crippen MR) is 121 cm³/mol. The zero-order valence-corrected chi connectivity index (χ0v) is 18.5. The van der Waals surface area contributed by atoms with Gasteiger partial charge in [0.05, 0.1) is 22.8 Å². The van der Waals surface area contributed by atoms with Gasteiger partial charge >= 0.3 is 5.97 Å². The van der Waals surface area contributed by atoms with Crippen molar-refractivity contribution in [1.82, 2.24) is 4.57 Å². The fourth-order valence-corrected chi connectivity index (χ4v) is 3.80. The van der Waals surface area contributed by atoms with Crippen LogP contribution < -0.4 is 15.2 Å². The number of Topliss-reactive ketones (excluding diaryl/α,β-unsaturated/α-hetero) is 1. The SMILES string of the molecule is Cc1cc(C(=O)COC(=O)c2ccc(Cl)c(N)c2)c(C)n1CC1COc2ccccc2O1. The molecular formula is C24H23ClN2O5. The van der Waals surface area contributed by atoms with Gasteiger partial charge in [-0.2, -0.15) is 0 Å². The molecule has 1 unspecified atom stereocenters. The lowest BCUT2D eigenvalue weighted by Crippen LogP contribution is -2.33. The van der Waals surface area contributed by atoms with Crippen molar-refractivity contribution in [1.29, 1.82) is 0 Å². The summed E-state index contributed by atoms with van der Waals surface area (Å²) in [6.45, 7) is 4.36. The third-order valence-corrected chi connectivity index (χ3v) is 5.74. The van der Waals surface area contributed by atoms with Crippen LogP contribution in [0.3, 0.4) is 0 Å². The average molecular weight is 455 g/mol. The maximum atomic E-state index is 12.8. The Labute approximate surface area is 190 Å². The number of nitrogens with zero attached hydrogens (tertiary/aromatic N) is 1. The number of carbonyl (C=O) groups is 2. The topological polar surface area (TPSA) is 92.8 Å². The monoisotopic (exact) mass is 454 g/mol. The quantitative estimate of drug-likeness (QED) is 0.340. The summed E-state index contributed by atoms with van der Waals surface area (Å²) >= 11 is 5.87. The molecule has 0 bridgehead atoms. The van der Waals surface area contributed by atoms with Crippen molar-refractivity contribution in [2.24, 2.45) is 0 Å². The lowest BCUT2D eigenvalue weighted by molar-refractivity contribution is 0.0474. The summed E-state index contributed by atoms with van der Waals surface area (Å²) in [5, 5.41) is 0.348. The standard InChI is InChI=1S/C24H23ClN2O5/c1-14-9-18(21(28)13-31-24(29)16-7-8-19(25)20(26)10-16)15(2)27(14)11-17-12-30-22-5-3-4-6-23(22)32-17/h3-10,17H,11-13,26H2,1-2H3. The molecule has 0 saturated heterocycles. The van der Waals surface area contributed by atoms with E-state index >= 15 is 0 Å². The van der Waals surface area contributed by atoms with Crippen LogP contribution in [0, 0.1) is 13.8 Å². The Morgan fingerprint density at radius 1 is 1.16 bits per heavy atom. The van der Waals surface area contributed by atoms with E-state index in [1.807, 2.05) is 42.7 Å². The minimum atomic E-state index is -0.637. The molecule has 4 rings (SSSR count). The van der Waals surface area contributed by atoms with Gasteiger partial charge in [0.25, 0.3) is 0 Å². The minimum Gasteiger partial charge on any atom is -0.486 e. The van der Waals surface area contributed by atoms with Crippen molar-refractivity contribution in [3.05, 3.63) is 76.1 Å². The Bertz CT molecular complexity index is 1190. The normalized spacial score (nSPS) is 14.8. The molecule has 0 spiro atoms. The molecule has 0 aliphatic carbocycles. The van der Waals surface area contributed by atoms with Crippen LogP contribution in [-0.2, 0) is 11.3 Å². The Morgan fingerprint density at radius 3 is 2.66 bits per heavy atom.